The summed E-state index contributed by atoms with van der Waals surface area (Å²) in [6.07, 6.45) is 0.988. The van der Waals surface area contributed by atoms with E-state index in [0.717, 1.165) is 36.8 Å². The Morgan fingerprint density at radius 3 is 2.83 bits per heavy atom. The van der Waals surface area contributed by atoms with Gasteiger partial charge in [-0.25, -0.2) is 0 Å². The zero-order chi connectivity index (χ0) is 13.0. The van der Waals surface area contributed by atoms with Crippen molar-refractivity contribution in [3.63, 3.8) is 0 Å². The molecule has 0 atom stereocenters. The second kappa shape index (κ2) is 6.06. The second-order valence-electron chi connectivity index (χ2n) is 4.18. The lowest BCUT2D eigenvalue weighted by atomic mass is 10.2. The van der Waals surface area contributed by atoms with Gasteiger partial charge in [0, 0.05) is 29.3 Å². The van der Waals surface area contributed by atoms with Crippen LogP contribution in [0.25, 0.3) is 0 Å². The highest BCUT2D eigenvalue weighted by molar-refractivity contribution is 8.00. The van der Waals surface area contributed by atoms with Crippen molar-refractivity contribution >= 4 is 23.1 Å². The monoisotopic (exact) mass is 268 g/mol. The molecule has 1 aromatic carbocycles. The second-order valence-corrected chi connectivity index (χ2v) is 5.55. The van der Waals surface area contributed by atoms with Crippen LogP contribution < -0.4 is 5.32 Å². The number of anilines is 1. The maximum atomic E-state index is 10.9. The minimum Gasteiger partial charge on any atom is -0.385 e. The van der Waals surface area contributed by atoms with Crippen LogP contribution in [-0.2, 0) is 4.74 Å². The number of hydrogen-bond acceptors (Lipinski definition) is 5. The molecule has 2 rings (SSSR count). The molecule has 0 saturated carbocycles. The van der Waals surface area contributed by atoms with Crippen LogP contribution in [0.1, 0.15) is 13.3 Å². The molecule has 6 heteroatoms. The molecule has 18 heavy (non-hydrogen) atoms. The fourth-order valence-electron chi connectivity index (χ4n) is 1.60. The van der Waals surface area contributed by atoms with E-state index >= 15 is 0 Å². The van der Waals surface area contributed by atoms with Crippen LogP contribution in [0.15, 0.2) is 23.1 Å². The van der Waals surface area contributed by atoms with E-state index in [1.165, 1.54) is 0 Å². The third kappa shape index (κ3) is 3.36. The zero-order valence-corrected chi connectivity index (χ0v) is 11.0. The van der Waals surface area contributed by atoms with Crippen LogP contribution in [0.5, 0.6) is 0 Å². The summed E-state index contributed by atoms with van der Waals surface area (Å²) < 4.78 is 5.11. The Morgan fingerprint density at radius 2 is 2.28 bits per heavy atom. The lowest BCUT2D eigenvalue weighted by Crippen LogP contribution is -2.30. The van der Waals surface area contributed by atoms with E-state index < -0.39 is 0 Å². The number of non-ortho nitro benzene ring substituents is 1. The molecule has 0 amide bonds. The molecule has 0 aliphatic carbocycles. The first-order chi connectivity index (χ1) is 8.69. The molecule has 1 N–H and O–H groups in total. The Kier molecular flexibility index (Phi) is 4.43. The van der Waals surface area contributed by atoms with Crippen LogP contribution in [0.4, 0.5) is 11.4 Å². The first-order valence-electron chi connectivity index (χ1n) is 5.97. The third-order valence-corrected chi connectivity index (χ3v) is 3.70. The van der Waals surface area contributed by atoms with E-state index in [2.05, 4.69) is 12.2 Å². The van der Waals surface area contributed by atoms with Gasteiger partial charge < -0.3 is 10.1 Å². The van der Waals surface area contributed by atoms with Gasteiger partial charge in [0.05, 0.1) is 23.4 Å². The Bertz CT molecular complexity index is 435. The highest BCUT2D eigenvalue weighted by Gasteiger charge is 2.21. The largest absolute Gasteiger partial charge is 0.385 e. The van der Waals surface area contributed by atoms with Gasteiger partial charge >= 0.3 is 0 Å². The number of rotatable bonds is 6. The smallest absolute Gasteiger partial charge is 0.272 e. The molecule has 1 heterocycles. The molecule has 0 unspecified atom stereocenters. The summed E-state index contributed by atoms with van der Waals surface area (Å²) in [6.45, 7) is 4.33. The highest BCUT2D eigenvalue weighted by Crippen LogP contribution is 2.33. The molecule has 1 saturated heterocycles. The summed E-state index contributed by atoms with van der Waals surface area (Å²) in [5, 5.41) is 14.5. The highest BCUT2D eigenvalue weighted by atomic mass is 32.2. The molecule has 0 aromatic heterocycles. The average Bonchev–Trinajstić information content (AvgIpc) is 2.31. The van der Waals surface area contributed by atoms with Crippen molar-refractivity contribution in [3.8, 4) is 0 Å². The molecule has 1 aliphatic rings. The molecule has 1 aliphatic heterocycles. The van der Waals surface area contributed by atoms with Crippen molar-refractivity contribution in [2.75, 3.05) is 25.1 Å². The summed E-state index contributed by atoms with van der Waals surface area (Å²) in [5.74, 6) is 0. The zero-order valence-electron chi connectivity index (χ0n) is 10.2. The summed E-state index contributed by atoms with van der Waals surface area (Å²) in [7, 11) is 0. The van der Waals surface area contributed by atoms with Crippen LogP contribution in [0.2, 0.25) is 0 Å². The Hall–Kier alpha value is -1.27. The van der Waals surface area contributed by atoms with Crippen molar-refractivity contribution in [1.82, 2.24) is 0 Å². The van der Waals surface area contributed by atoms with Crippen molar-refractivity contribution in [2.24, 2.45) is 0 Å². The molecule has 1 fully saturated rings. The van der Waals surface area contributed by atoms with Crippen LogP contribution in [-0.4, -0.2) is 29.9 Å². The molecule has 5 nitrogen and oxygen atoms in total. The first kappa shape index (κ1) is 13.2. The van der Waals surface area contributed by atoms with E-state index in [9.17, 15) is 10.1 Å². The minimum atomic E-state index is -0.349. The van der Waals surface area contributed by atoms with E-state index in [0.29, 0.717) is 5.25 Å². The maximum Gasteiger partial charge on any atom is 0.272 e. The number of thioether (sulfide) groups is 1. The van der Waals surface area contributed by atoms with Crippen LogP contribution in [0, 0.1) is 10.1 Å². The summed E-state index contributed by atoms with van der Waals surface area (Å²) in [4.78, 5) is 11.5. The molecule has 0 radical (unpaired) electrons. The van der Waals surface area contributed by atoms with Crippen molar-refractivity contribution in [2.45, 2.75) is 23.5 Å². The van der Waals surface area contributed by atoms with E-state index in [4.69, 9.17) is 4.74 Å². The van der Waals surface area contributed by atoms with Gasteiger partial charge in [0.1, 0.15) is 0 Å². The Morgan fingerprint density at radius 1 is 1.50 bits per heavy atom. The normalized spacial score (nSPS) is 15.2. The fourth-order valence-corrected chi connectivity index (χ4v) is 2.70. The van der Waals surface area contributed by atoms with Crippen molar-refractivity contribution < 1.29 is 9.66 Å². The summed E-state index contributed by atoms with van der Waals surface area (Å²) >= 11 is 1.64. The van der Waals surface area contributed by atoms with E-state index in [-0.39, 0.29) is 10.6 Å². The molecular weight excluding hydrogens is 252 g/mol. The van der Waals surface area contributed by atoms with Gasteiger partial charge in [-0.15, -0.1) is 11.8 Å². The topological polar surface area (TPSA) is 64.4 Å². The Labute approximate surface area is 110 Å². The standard InChI is InChI=1S/C12H16N2O3S/c1-2-3-13-9-4-10(14(15)16)6-11(5-9)18-12-7-17-8-12/h4-6,12-13H,2-3,7-8H2,1H3. The SMILES string of the molecule is CCCNc1cc(SC2COC2)cc([N+](=O)[O-])c1. The number of nitrogens with zero attached hydrogens (tertiary/aromatic N) is 1. The van der Waals surface area contributed by atoms with Crippen molar-refractivity contribution in [1.29, 1.82) is 0 Å². The van der Waals surface area contributed by atoms with E-state index in [1.54, 1.807) is 23.9 Å². The fraction of sp³-hybridized carbons (Fsp3) is 0.500. The van der Waals surface area contributed by atoms with Gasteiger partial charge in [-0.3, -0.25) is 10.1 Å². The number of ether oxygens (including phenoxy) is 1. The lowest BCUT2D eigenvalue weighted by molar-refractivity contribution is -0.385. The van der Waals surface area contributed by atoms with Gasteiger partial charge in [0.2, 0.25) is 0 Å². The molecular formula is C12H16N2O3S. The quantitative estimate of drug-likeness (QED) is 0.635. The van der Waals surface area contributed by atoms with Gasteiger partial charge in [-0.05, 0) is 12.5 Å². The maximum absolute atomic E-state index is 10.9. The molecule has 0 bridgehead atoms. The minimum absolute atomic E-state index is 0.138. The number of nitro benzene ring substituents is 1. The molecule has 98 valence electrons. The lowest BCUT2D eigenvalue weighted by Gasteiger charge is -2.25. The number of hydrogen-bond donors (Lipinski definition) is 1. The molecule has 1 aromatic rings. The van der Waals surface area contributed by atoms with Crippen LogP contribution in [0.3, 0.4) is 0 Å². The predicted octanol–water partition coefficient (Wildman–Crippen LogP) is 2.91. The van der Waals surface area contributed by atoms with E-state index in [1.807, 2.05) is 6.07 Å². The first-order valence-corrected chi connectivity index (χ1v) is 6.84. The number of nitrogens with one attached hydrogen (secondary N) is 1. The van der Waals surface area contributed by atoms with Gasteiger partial charge in [-0.1, -0.05) is 6.92 Å². The van der Waals surface area contributed by atoms with Crippen LogP contribution >= 0.6 is 11.8 Å². The third-order valence-electron chi connectivity index (χ3n) is 2.59. The average molecular weight is 268 g/mol. The van der Waals surface area contributed by atoms with Crippen molar-refractivity contribution in [3.05, 3.63) is 28.3 Å². The Balaban J connectivity index is 2.15. The summed E-state index contributed by atoms with van der Waals surface area (Å²) in [6, 6.07) is 5.17. The van der Waals surface area contributed by atoms with Gasteiger partial charge in [0.15, 0.2) is 0 Å². The molecule has 0 spiro atoms. The number of benzene rings is 1. The summed E-state index contributed by atoms with van der Waals surface area (Å²) in [5.41, 5.74) is 0.952. The van der Waals surface area contributed by atoms with Gasteiger partial charge in [0.25, 0.3) is 5.69 Å². The predicted molar refractivity (Wildman–Crippen MR) is 72.3 cm³/mol. The number of nitro groups is 1. The van der Waals surface area contributed by atoms with Gasteiger partial charge in [-0.2, -0.15) is 0 Å².